The molecule has 1 atom stereocenters. The van der Waals surface area contributed by atoms with E-state index in [0.717, 1.165) is 30.3 Å². The first-order valence-electron chi connectivity index (χ1n) is 9.97. The molecule has 3 rings (SSSR count). The summed E-state index contributed by atoms with van der Waals surface area (Å²) >= 11 is 0. The first kappa shape index (κ1) is 22.5. The number of aryl methyl sites for hydroxylation is 1. The highest BCUT2D eigenvalue weighted by Gasteiger charge is 2.37. The normalized spacial score (nSPS) is 12.8. The highest BCUT2D eigenvalue weighted by molar-refractivity contribution is 6.04. The number of hydrogen-bond donors (Lipinski definition) is 3. The number of rotatable bonds is 9. The van der Waals surface area contributed by atoms with Gasteiger partial charge in [0.1, 0.15) is 5.69 Å². The third-order valence-corrected chi connectivity index (χ3v) is 4.66. The molecule has 3 aromatic rings. The van der Waals surface area contributed by atoms with Crippen molar-refractivity contribution in [2.24, 2.45) is 7.05 Å². The van der Waals surface area contributed by atoms with Crippen LogP contribution in [0.2, 0.25) is 0 Å². The van der Waals surface area contributed by atoms with Crippen molar-refractivity contribution in [3.63, 3.8) is 0 Å². The quantitative estimate of drug-likeness (QED) is 0.475. The molecule has 31 heavy (non-hydrogen) atoms. The third-order valence-electron chi connectivity index (χ3n) is 4.66. The molecule has 0 spiro atoms. The van der Waals surface area contributed by atoms with E-state index in [1.807, 2.05) is 0 Å². The summed E-state index contributed by atoms with van der Waals surface area (Å²) in [6, 6.07) is 3.33. The number of anilines is 2. The van der Waals surface area contributed by atoms with Gasteiger partial charge in [0.05, 0.1) is 17.4 Å². The molecule has 0 saturated heterocycles. The van der Waals surface area contributed by atoms with Crippen LogP contribution in [0.15, 0.2) is 24.5 Å². The second kappa shape index (κ2) is 9.33. The Morgan fingerprint density at radius 1 is 1.23 bits per heavy atom. The van der Waals surface area contributed by atoms with Crippen LogP contribution in [0.3, 0.4) is 0 Å². The average Bonchev–Trinajstić information content (AvgIpc) is 3.30. The highest BCUT2D eigenvalue weighted by atomic mass is 19.4. The van der Waals surface area contributed by atoms with Crippen molar-refractivity contribution < 1.29 is 18.0 Å². The molecule has 0 aromatic carbocycles. The van der Waals surface area contributed by atoms with Crippen LogP contribution in [0.25, 0.3) is 5.52 Å². The Morgan fingerprint density at radius 2 is 2.00 bits per heavy atom. The lowest BCUT2D eigenvalue weighted by molar-refractivity contribution is -0.140. The van der Waals surface area contributed by atoms with Gasteiger partial charge >= 0.3 is 6.18 Å². The van der Waals surface area contributed by atoms with Crippen LogP contribution >= 0.6 is 0 Å². The van der Waals surface area contributed by atoms with Crippen LogP contribution in [0.4, 0.5) is 24.8 Å². The predicted octanol–water partition coefficient (Wildman–Crippen LogP) is 2.92. The van der Waals surface area contributed by atoms with Gasteiger partial charge in [-0.3, -0.25) is 9.48 Å². The largest absolute Gasteiger partial charge is 0.437 e. The molecule has 0 fully saturated rings. The average molecular weight is 438 g/mol. The summed E-state index contributed by atoms with van der Waals surface area (Å²) in [6.45, 7) is 5.65. The molecule has 3 N–H and O–H groups in total. The highest BCUT2D eigenvalue weighted by Crippen LogP contribution is 2.33. The number of alkyl halides is 3. The Labute approximate surface area is 177 Å². The van der Waals surface area contributed by atoms with Gasteiger partial charge in [-0.2, -0.15) is 18.3 Å². The maximum Gasteiger partial charge on any atom is 0.437 e. The molecule has 0 aliphatic heterocycles. The molecule has 168 valence electrons. The molecule has 9 nitrogen and oxygen atoms in total. The van der Waals surface area contributed by atoms with Gasteiger partial charge in [0.15, 0.2) is 5.69 Å². The SMILES string of the molecule is CCCN[C@@H](CC)CNc1ncc2ccc(C(=O)Nc3cn(C)nc3C(F)(F)F)n2n1. The summed E-state index contributed by atoms with van der Waals surface area (Å²) in [7, 11) is 1.35. The van der Waals surface area contributed by atoms with Crippen molar-refractivity contribution in [1.29, 1.82) is 0 Å². The lowest BCUT2D eigenvalue weighted by Crippen LogP contribution is -2.35. The zero-order valence-corrected chi connectivity index (χ0v) is 17.5. The van der Waals surface area contributed by atoms with Gasteiger partial charge in [-0.1, -0.05) is 13.8 Å². The van der Waals surface area contributed by atoms with Crippen LogP contribution in [0, 0.1) is 0 Å². The lowest BCUT2D eigenvalue weighted by atomic mass is 10.2. The van der Waals surface area contributed by atoms with E-state index in [0.29, 0.717) is 18.0 Å². The molecule has 12 heteroatoms. The predicted molar refractivity (Wildman–Crippen MR) is 110 cm³/mol. The minimum Gasteiger partial charge on any atom is -0.351 e. The summed E-state index contributed by atoms with van der Waals surface area (Å²) in [5, 5.41) is 16.5. The summed E-state index contributed by atoms with van der Waals surface area (Å²) in [5.41, 5.74) is -0.968. The number of carbonyl (C=O) groups excluding carboxylic acids is 1. The summed E-state index contributed by atoms with van der Waals surface area (Å²) in [5.74, 6) is -0.425. The Kier molecular flexibility index (Phi) is 6.78. The topological polar surface area (TPSA) is 101 Å². The first-order valence-corrected chi connectivity index (χ1v) is 9.97. The molecule has 3 heterocycles. The molecule has 0 saturated carbocycles. The van der Waals surface area contributed by atoms with E-state index in [1.165, 1.54) is 23.8 Å². The van der Waals surface area contributed by atoms with Crippen LogP contribution in [-0.2, 0) is 13.2 Å². The van der Waals surface area contributed by atoms with Gasteiger partial charge in [-0.05, 0) is 31.5 Å². The van der Waals surface area contributed by atoms with Crippen molar-refractivity contribution in [3.8, 4) is 0 Å². The minimum atomic E-state index is -4.69. The van der Waals surface area contributed by atoms with Gasteiger partial charge in [-0.25, -0.2) is 9.50 Å². The minimum absolute atomic E-state index is 0.0774. The number of aromatic nitrogens is 5. The van der Waals surface area contributed by atoms with E-state index in [4.69, 9.17) is 0 Å². The summed E-state index contributed by atoms with van der Waals surface area (Å²) < 4.78 is 41.8. The number of amides is 1. The molecule has 0 unspecified atom stereocenters. The van der Waals surface area contributed by atoms with Gasteiger partial charge < -0.3 is 16.0 Å². The number of carbonyl (C=O) groups is 1. The van der Waals surface area contributed by atoms with Crippen molar-refractivity contribution in [2.45, 2.75) is 38.9 Å². The van der Waals surface area contributed by atoms with E-state index in [9.17, 15) is 18.0 Å². The van der Waals surface area contributed by atoms with Crippen molar-refractivity contribution in [3.05, 3.63) is 35.9 Å². The Bertz CT molecular complexity index is 1040. The van der Waals surface area contributed by atoms with Crippen molar-refractivity contribution >= 4 is 23.1 Å². The smallest absolute Gasteiger partial charge is 0.351 e. The molecule has 0 bridgehead atoms. The fourth-order valence-corrected chi connectivity index (χ4v) is 3.05. The van der Waals surface area contributed by atoms with Crippen molar-refractivity contribution in [1.82, 2.24) is 29.7 Å². The Hall–Kier alpha value is -3.15. The van der Waals surface area contributed by atoms with Crippen LogP contribution in [0.1, 0.15) is 42.9 Å². The van der Waals surface area contributed by atoms with E-state index in [1.54, 1.807) is 6.07 Å². The number of fused-ring (bicyclic) bond motifs is 1. The van der Waals surface area contributed by atoms with Gasteiger partial charge in [0, 0.05) is 25.8 Å². The van der Waals surface area contributed by atoms with E-state index in [-0.39, 0.29) is 11.7 Å². The van der Waals surface area contributed by atoms with E-state index >= 15 is 0 Å². The molecule has 3 aromatic heterocycles. The molecular weight excluding hydrogens is 413 g/mol. The van der Waals surface area contributed by atoms with Crippen molar-refractivity contribution in [2.75, 3.05) is 23.7 Å². The molecular formula is C19H25F3N8O. The van der Waals surface area contributed by atoms with E-state index < -0.39 is 23.5 Å². The van der Waals surface area contributed by atoms with E-state index in [2.05, 4.69) is 45.0 Å². The monoisotopic (exact) mass is 438 g/mol. The van der Waals surface area contributed by atoms with Crippen LogP contribution in [-0.4, -0.2) is 49.4 Å². The van der Waals surface area contributed by atoms with Gasteiger partial charge in [0.25, 0.3) is 5.91 Å². The number of nitrogens with one attached hydrogen (secondary N) is 3. The standard InChI is InChI=1S/C19H25F3N8O/c1-4-8-23-12(5-2)9-24-18-25-10-13-6-7-15(30(13)28-18)17(31)26-14-11-29(3)27-16(14)19(20,21)22/h6-7,10-12,23H,4-5,8-9H2,1-3H3,(H,24,28)(H,26,31)/t12-/m0/s1. The lowest BCUT2D eigenvalue weighted by Gasteiger charge is -2.17. The summed E-state index contributed by atoms with van der Waals surface area (Å²) in [4.78, 5) is 16.9. The fraction of sp³-hybridized carbons (Fsp3) is 0.474. The van der Waals surface area contributed by atoms with Crippen LogP contribution in [0.5, 0.6) is 0 Å². The first-order chi connectivity index (χ1) is 14.7. The zero-order valence-electron chi connectivity index (χ0n) is 17.5. The third kappa shape index (κ3) is 5.32. The summed E-state index contributed by atoms with van der Waals surface area (Å²) in [6.07, 6.45) is -0.108. The molecule has 0 aliphatic carbocycles. The second-order valence-corrected chi connectivity index (χ2v) is 7.09. The Balaban J connectivity index is 1.79. The zero-order chi connectivity index (χ0) is 22.6. The Morgan fingerprint density at radius 3 is 2.68 bits per heavy atom. The number of hydrogen-bond acceptors (Lipinski definition) is 6. The fourth-order valence-electron chi connectivity index (χ4n) is 3.05. The maximum absolute atomic E-state index is 13.2. The second-order valence-electron chi connectivity index (χ2n) is 7.09. The van der Waals surface area contributed by atoms with Gasteiger partial charge in [-0.15, -0.1) is 5.10 Å². The molecule has 0 radical (unpaired) electrons. The molecule has 0 aliphatic rings. The number of halogens is 3. The maximum atomic E-state index is 13.2. The van der Waals surface area contributed by atoms with Gasteiger partial charge in [0.2, 0.25) is 5.95 Å². The number of nitrogens with zero attached hydrogens (tertiary/aromatic N) is 5. The van der Waals surface area contributed by atoms with Crippen LogP contribution < -0.4 is 16.0 Å². The molecule has 1 amide bonds.